The lowest BCUT2D eigenvalue weighted by molar-refractivity contribution is -0.136. The van der Waals surface area contributed by atoms with E-state index in [9.17, 15) is 9.59 Å². The van der Waals surface area contributed by atoms with Crippen molar-refractivity contribution < 1.29 is 24.2 Å². The smallest absolute Gasteiger partial charge is 0.319 e. The van der Waals surface area contributed by atoms with Crippen LogP contribution < -0.4 is 14.8 Å². The number of amides is 1. The average molecular weight is 531 g/mol. The molecule has 1 amide bonds. The Morgan fingerprint density at radius 1 is 0.943 bits per heavy atom. The third-order valence-electron chi connectivity index (χ3n) is 5.00. The van der Waals surface area contributed by atoms with Crippen molar-refractivity contribution in [3.8, 4) is 11.5 Å². The normalized spacial score (nSPS) is 14.8. The van der Waals surface area contributed by atoms with Crippen LogP contribution in [0.4, 0.5) is 0 Å². The Bertz CT molecular complexity index is 1220. The summed E-state index contributed by atoms with van der Waals surface area (Å²) in [6, 6.07) is 19.4. The van der Waals surface area contributed by atoms with Crippen LogP contribution in [0.5, 0.6) is 11.5 Å². The molecule has 1 aliphatic heterocycles. The van der Waals surface area contributed by atoms with Crippen LogP contribution in [0.2, 0.25) is 10.0 Å². The van der Waals surface area contributed by atoms with Gasteiger partial charge in [-0.2, -0.15) is 0 Å². The number of amidine groups is 1. The molecule has 1 atom stereocenters. The highest BCUT2D eigenvalue weighted by Gasteiger charge is 2.27. The van der Waals surface area contributed by atoms with Gasteiger partial charge in [0, 0.05) is 32.8 Å². The largest absolute Gasteiger partial charge is 0.489 e. The first kappa shape index (κ1) is 24.9. The van der Waals surface area contributed by atoms with Gasteiger partial charge in [0.15, 0.2) is 5.17 Å². The number of carboxylic acid groups (broad SMARTS) is 1. The summed E-state index contributed by atoms with van der Waals surface area (Å²) in [5.74, 6) is -0.645. The van der Waals surface area contributed by atoms with Gasteiger partial charge in [-0.05, 0) is 24.3 Å². The van der Waals surface area contributed by atoms with Crippen LogP contribution in [-0.2, 0) is 18.0 Å². The summed E-state index contributed by atoms with van der Waals surface area (Å²) in [4.78, 5) is 28.2. The molecule has 0 saturated heterocycles. The van der Waals surface area contributed by atoms with Crippen molar-refractivity contribution in [2.24, 2.45) is 4.99 Å². The van der Waals surface area contributed by atoms with E-state index in [4.69, 9.17) is 37.8 Å². The Hall–Kier alpha value is -3.20. The number of halogens is 2. The monoisotopic (exact) mass is 530 g/mol. The van der Waals surface area contributed by atoms with Crippen molar-refractivity contribution >= 4 is 52.0 Å². The van der Waals surface area contributed by atoms with Crippen LogP contribution in [0.25, 0.3) is 0 Å². The summed E-state index contributed by atoms with van der Waals surface area (Å²) < 4.78 is 11.8. The highest BCUT2D eigenvalue weighted by molar-refractivity contribution is 8.15. The number of carbonyl (C=O) groups is 2. The fraction of sp³-hybridized carbons (Fsp3) is 0.160. The number of rotatable bonds is 8. The van der Waals surface area contributed by atoms with Gasteiger partial charge in [0.2, 0.25) is 0 Å². The number of aliphatic imine (C=N–C) groups is 1. The lowest BCUT2D eigenvalue weighted by Crippen LogP contribution is -2.28. The summed E-state index contributed by atoms with van der Waals surface area (Å²) in [7, 11) is 0. The van der Waals surface area contributed by atoms with Crippen LogP contribution in [0, 0.1) is 0 Å². The molecule has 0 bridgehead atoms. The second-order valence-electron chi connectivity index (χ2n) is 7.50. The number of hydrogen-bond acceptors (Lipinski definition) is 6. The SMILES string of the molecule is O=C(NC1=NCC(C(=O)O)S1)c1cc(OCc2ccccc2Cl)cc(OCc2ccccc2Cl)c1. The Kier molecular flexibility index (Phi) is 8.17. The molecular formula is C25H20Cl2N2O5S. The van der Waals surface area contributed by atoms with E-state index >= 15 is 0 Å². The third kappa shape index (κ3) is 6.69. The maximum Gasteiger partial charge on any atom is 0.319 e. The molecule has 0 aliphatic carbocycles. The van der Waals surface area contributed by atoms with Gasteiger partial charge >= 0.3 is 5.97 Å². The van der Waals surface area contributed by atoms with E-state index in [-0.39, 0.29) is 30.5 Å². The lowest BCUT2D eigenvalue weighted by atomic mass is 10.2. The number of benzene rings is 3. The predicted molar refractivity (Wildman–Crippen MR) is 137 cm³/mol. The van der Waals surface area contributed by atoms with E-state index < -0.39 is 17.1 Å². The number of nitrogens with one attached hydrogen (secondary N) is 1. The van der Waals surface area contributed by atoms with Crippen molar-refractivity contribution in [3.05, 3.63) is 93.5 Å². The summed E-state index contributed by atoms with van der Waals surface area (Å²) in [5.41, 5.74) is 1.84. The topological polar surface area (TPSA) is 97.2 Å². The molecule has 7 nitrogen and oxygen atoms in total. The molecule has 1 aliphatic rings. The van der Waals surface area contributed by atoms with Crippen molar-refractivity contribution in [3.63, 3.8) is 0 Å². The number of nitrogens with zero attached hydrogens (tertiary/aromatic N) is 1. The average Bonchev–Trinajstić information content (AvgIpc) is 3.32. The van der Waals surface area contributed by atoms with Crippen molar-refractivity contribution in [1.29, 1.82) is 0 Å². The molecule has 180 valence electrons. The molecule has 0 radical (unpaired) electrons. The van der Waals surface area contributed by atoms with Gasteiger partial charge in [-0.15, -0.1) is 0 Å². The number of ether oxygens (including phenoxy) is 2. The minimum Gasteiger partial charge on any atom is -0.489 e. The molecule has 1 unspecified atom stereocenters. The summed E-state index contributed by atoms with van der Waals surface area (Å²) in [5, 5.41) is 12.5. The van der Waals surface area contributed by atoms with E-state index in [1.54, 1.807) is 30.3 Å². The Balaban J connectivity index is 1.53. The zero-order chi connectivity index (χ0) is 24.8. The summed E-state index contributed by atoms with van der Waals surface area (Å²) >= 11 is 13.4. The highest BCUT2D eigenvalue weighted by atomic mass is 35.5. The first-order valence-electron chi connectivity index (χ1n) is 10.5. The van der Waals surface area contributed by atoms with Crippen LogP contribution >= 0.6 is 35.0 Å². The molecule has 1 heterocycles. The number of hydrogen-bond donors (Lipinski definition) is 2. The summed E-state index contributed by atoms with van der Waals surface area (Å²) in [6.07, 6.45) is 0. The van der Waals surface area contributed by atoms with Gasteiger partial charge in [0.25, 0.3) is 5.91 Å². The van der Waals surface area contributed by atoms with Crippen LogP contribution in [-0.4, -0.2) is 33.9 Å². The quantitative estimate of drug-likeness (QED) is 0.402. The van der Waals surface area contributed by atoms with Crippen LogP contribution in [0.1, 0.15) is 21.5 Å². The first-order chi connectivity index (χ1) is 16.9. The predicted octanol–water partition coefficient (Wildman–Crippen LogP) is 5.44. The van der Waals surface area contributed by atoms with E-state index in [1.807, 2.05) is 36.4 Å². The first-order valence-corrected chi connectivity index (χ1v) is 12.2. The summed E-state index contributed by atoms with van der Waals surface area (Å²) in [6.45, 7) is 0.484. The Morgan fingerprint density at radius 3 is 1.97 bits per heavy atom. The van der Waals surface area contributed by atoms with Gasteiger partial charge in [-0.1, -0.05) is 71.4 Å². The van der Waals surface area contributed by atoms with Gasteiger partial charge in [0.1, 0.15) is 30.0 Å². The number of carboxylic acids is 1. The molecule has 0 aromatic heterocycles. The molecule has 0 saturated carbocycles. The van der Waals surface area contributed by atoms with E-state index in [0.29, 0.717) is 21.5 Å². The molecule has 0 fully saturated rings. The number of carbonyl (C=O) groups excluding carboxylic acids is 1. The minimum absolute atomic E-state index is 0.1000. The number of aliphatic carboxylic acids is 1. The lowest BCUT2D eigenvalue weighted by Gasteiger charge is -2.14. The minimum atomic E-state index is -0.978. The van der Waals surface area contributed by atoms with E-state index in [2.05, 4.69) is 10.3 Å². The third-order valence-corrected chi connectivity index (χ3v) is 6.82. The Labute approximate surface area is 216 Å². The second kappa shape index (κ2) is 11.5. The van der Waals surface area contributed by atoms with Gasteiger partial charge in [-0.25, -0.2) is 0 Å². The van der Waals surface area contributed by atoms with Crippen LogP contribution in [0.3, 0.4) is 0 Å². The Morgan fingerprint density at radius 2 is 1.49 bits per heavy atom. The highest BCUT2D eigenvalue weighted by Crippen LogP contribution is 2.27. The maximum absolute atomic E-state index is 12.9. The second-order valence-corrected chi connectivity index (χ2v) is 9.50. The molecule has 3 aromatic rings. The van der Waals surface area contributed by atoms with Gasteiger partial charge in [0.05, 0.1) is 6.54 Å². The molecular weight excluding hydrogens is 511 g/mol. The zero-order valence-corrected chi connectivity index (χ0v) is 20.6. The molecule has 35 heavy (non-hydrogen) atoms. The number of thioether (sulfide) groups is 1. The fourth-order valence-corrected chi connectivity index (χ4v) is 4.37. The fourth-order valence-electron chi connectivity index (χ4n) is 3.16. The maximum atomic E-state index is 12.9. The van der Waals surface area contributed by atoms with E-state index in [0.717, 1.165) is 22.9 Å². The van der Waals surface area contributed by atoms with E-state index in [1.165, 1.54) is 0 Å². The molecule has 10 heteroatoms. The molecule has 4 rings (SSSR count). The standard InChI is InChI=1S/C25H20Cl2N2O5S/c26-20-7-3-1-5-15(20)13-33-18-9-17(23(30)29-25-28-12-22(35-25)24(31)32)10-19(11-18)34-14-16-6-2-4-8-21(16)27/h1-11,22H,12-14H2,(H,31,32)(H,28,29,30). The van der Waals surface area contributed by atoms with Crippen molar-refractivity contribution in [2.45, 2.75) is 18.5 Å². The van der Waals surface area contributed by atoms with Gasteiger partial charge < -0.3 is 19.9 Å². The molecule has 0 spiro atoms. The molecule has 3 aromatic carbocycles. The van der Waals surface area contributed by atoms with Crippen LogP contribution in [0.15, 0.2) is 71.7 Å². The van der Waals surface area contributed by atoms with Crippen molar-refractivity contribution in [2.75, 3.05) is 6.54 Å². The van der Waals surface area contributed by atoms with Crippen molar-refractivity contribution in [1.82, 2.24) is 5.32 Å². The zero-order valence-electron chi connectivity index (χ0n) is 18.2. The molecule has 2 N–H and O–H groups in total. The van der Waals surface area contributed by atoms with Gasteiger partial charge in [-0.3, -0.25) is 14.6 Å².